The van der Waals surface area contributed by atoms with E-state index in [9.17, 15) is 4.79 Å². The normalized spacial score (nSPS) is 11.1. The van der Waals surface area contributed by atoms with Gasteiger partial charge in [0.15, 0.2) is 0 Å². The highest BCUT2D eigenvalue weighted by molar-refractivity contribution is 8.00. The Morgan fingerprint density at radius 1 is 1.30 bits per heavy atom. The van der Waals surface area contributed by atoms with E-state index in [4.69, 9.17) is 0 Å². The van der Waals surface area contributed by atoms with E-state index in [1.54, 1.807) is 29.0 Å². The molecule has 0 bridgehead atoms. The summed E-state index contributed by atoms with van der Waals surface area (Å²) in [5, 5.41) is 7.75. The second-order valence-corrected chi connectivity index (χ2v) is 8.20. The van der Waals surface area contributed by atoms with Gasteiger partial charge in [0.2, 0.25) is 5.91 Å². The van der Waals surface area contributed by atoms with E-state index in [0.29, 0.717) is 12.3 Å². The monoisotopic (exact) mass is 364 g/mol. The zero-order valence-corrected chi connectivity index (χ0v) is 15.5. The van der Waals surface area contributed by atoms with Crippen LogP contribution in [0.5, 0.6) is 0 Å². The molecule has 3 rings (SSSR count). The van der Waals surface area contributed by atoms with Crippen molar-refractivity contribution >= 4 is 50.6 Å². The van der Waals surface area contributed by atoms with Crippen molar-refractivity contribution in [3.63, 3.8) is 0 Å². The van der Waals surface area contributed by atoms with Crippen LogP contribution in [0.4, 0.5) is 0 Å². The number of fused-ring (bicyclic) bond motifs is 1. The number of thiazole rings is 1. The van der Waals surface area contributed by atoms with Gasteiger partial charge in [-0.15, -0.1) is 22.7 Å². The smallest absolute Gasteiger partial charge is 0.230 e. The Morgan fingerprint density at radius 3 is 2.87 bits per heavy atom. The molecule has 0 saturated carbocycles. The lowest BCUT2D eigenvalue weighted by molar-refractivity contribution is -0.118. The molecule has 0 aliphatic rings. The first-order valence-corrected chi connectivity index (χ1v) is 9.74. The number of aryl methyl sites for hydroxylation is 3. The maximum atomic E-state index is 12.0. The van der Waals surface area contributed by atoms with Gasteiger partial charge in [-0.25, -0.2) is 15.0 Å². The fraction of sp³-hybridized carbons (Fsp3) is 0.333. The minimum absolute atomic E-state index is 0.0146. The Hall–Kier alpha value is -1.51. The molecule has 0 spiro atoms. The molecule has 8 heteroatoms. The number of carbonyl (C=O) groups excluding carboxylic acids is 1. The number of nitrogens with zero attached hydrogens (tertiary/aromatic N) is 3. The van der Waals surface area contributed by atoms with Crippen molar-refractivity contribution < 1.29 is 4.79 Å². The molecule has 3 aromatic heterocycles. The van der Waals surface area contributed by atoms with E-state index in [1.165, 1.54) is 22.2 Å². The Labute approximate surface area is 146 Å². The van der Waals surface area contributed by atoms with Crippen LogP contribution in [-0.2, 0) is 11.3 Å². The molecule has 23 heavy (non-hydrogen) atoms. The third-order valence-electron chi connectivity index (χ3n) is 3.37. The van der Waals surface area contributed by atoms with Gasteiger partial charge in [-0.1, -0.05) is 11.8 Å². The summed E-state index contributed by atoms with van der Waals surface area (Å²) in [4.78, 5) is 27.2. The molecular weight excluding hydrogens is 348 g/mol. The van der Waals surface area contributed by atoms with E-state index < -0.39 is 0 Å². The summed E-state index contributed by atoms with van der Waals surface area (Å²) in [7, 11) is 0. The second kappa shape index (κ2) is 6.94. The van der Waals surface area contributed by atoms with Crippen LogP contribution in [0, 0.1) is 20.8 Å². The molecule has 0 fully saturated rings. The lowest BCUT2D eigenvalue weighted by Crippen LogP contribution is -2.24. The fourth-order valence-electron chi connectivity index (χ4n) is 2.10. The van der Waals surface area contributed by atoms with E-state index in [2.05, 4.69) is 34.1 Å². The fourth-order valence-corrected chi connectivity index (χ4v) is 4.76. The predicted octanol–water partition coefficient (Wildman–Crippen LogP) is 3.48. The summed E-state index contributed by atoms with van der Waals surface area (Å²) < 4.78 is 0. The minimum Gasteiger partial charge on any atom is -0.349 e. The number of hydrogen-bond donors (Lipinski definition) is 1. The SMILES string of the molecule is Cc1csc(CNC(=O)CSc2ncnc3sc(C)c(C)c23)n1. The Morgan fingerprint density at radius 2 is 2.13 bits per heavy atom. The molecule has 0 aliphatic carbocycles. The van der Waals surface area contributed by atoms with Crippen molar-refractivity contribution in [2.45, 2.75) is 32.3 Å². The lowest BCUT2D eigenvalue weighted by Gasteiger charge is -2.04. The summed E-state index contributed by atoms with van der Waals surface area (Å²) >= 11 is 4.68. The molecule has 120 valence electrons. The molecule has 0 radical (unpaired) electrons. The van der Waals surface area contributed by atoms with E-state index in [0.717, 1.165) is 25.9 Å². The number of amides is 1. The van der Waals surface area contributed by atoms with Gasteiger partial charge in [0.1, 0.15) is 21.2 Å². The van der Waals surface area contributed by atoms with Crippen molar-refractivity contribution in [2.75, 3.05) is 5.75 Å². The standard InChI is InChI=1S/C15H16N4OS3/c1-8-5-21-12(19-8)4-16-11(20)6-22-14-13-9(2)10(3)23-15(13)18-7-17-14/h5,7H,4,6H2,1-3H3,(H,16,20). The molecule has 1 N–H and O–H groups in total. The van der Waals surface area contributed by atoms with Gasteiger partial charge < -0.3 is 5.32 Å². The second-order valence-electron chi connectivity index (χ2n) is 5.09. The number of thioether (sulfide) groups is 1. The van der Waals surface area contributed by atoms with Crippen LogP contribution < -0.4 is 5.32 Å². The minimum atomic E-state index is -0.0146. The molecule has 0 aromatic carbocycles. The van der Waals surface area contributed by atoms with Crippen LogP contribution in [-0.4, -0.2) is 26.6 Å². The summed E-state index contributed by atoms with van der Waals surface area (Å²) in [5.41, 5.74) is 2.19. The van der Waals surface area contributed by atoms with Crippen LogP contribution in [0.25, 0.3) is 10.2 Å². The average Bonchev–Trinajstić information content (AvgIpc) is 3.07. The summed E-state index contributed by atoms with van der Waals surface area (Å²) in [6.45, 7) is 6.59. The lowest BCUT2D eigenvalue weighted by atomic mass is 10.2. The maximum absolute atomic E-state index is 12.0. The maximum Gasteiger partial charge on any atom is 0.230 e. The Bertz CT molecular complexity index is 856. The number of hydrogen-bond acceptors (Lipinski definition) is 7. The molecule has 0 atom stereocenters. The Balaban J connectivity index is 1.63. The number of carbonyl (C=O) groups is 1. The number of rotatable bonds is 5. The number of aromatic nitrogens is 3. The van der Waals surface area contributed by atoms with Crippen LogP contribution in [0.1, 0.15) is 21.1 Å². The highest BCUT2D eigenvalue weighted by Gasteiger charge is 2.13. The van der Waals surface area contributed by atoms with Gasteiger partial charge in [-0.05, 0) is 26.3 Å². The van der Waals surface area contributed by atoms with Gasteiger partial charge in [0.25, 0.3) is 0 Å². The highest BCUT2D eigenvalue weighted by Crippen LogP contribution is 2.34. The molecule has 0 unspecified atom stereocenters. The first-order chi connectivity index (χ1) is 11.0. The van der Waals surface area contributed by atoms with Gasteiger partial charge in [0, 0.05) is 21.3 Å². The van der Waals surface area contributed by atoms with Crippen LogP contribution in [0.15, 0.2) is 16.7 Å². The summed E-state index contributed by atoms with van der Waals surface area (Å²) in [6, 6.07) is 0. The topological polar surface area (TPSA) is 67.8 Å². The van der Waals surface area contributed by atoms with E-state index in [1.807, 2.05) is 12.3 Å². The van der Waals surface area contributed by atoms with E-state index >= 15 is 0 Å². The van der Waals surface area contributed by atoms with Gasteiger partial charge in [0.05, 0.1) is 12.3 Å². The summed E-state index contributed by atoms with van der Waals surface area (Å²) in [5.74, 6) is 0.323. The van der Waals surface area contributed by atoms with Crippen molar-refractivity contribution in [1.82, 2.24) is 20.3 Å². The molecular formula is C15H16N4OS3. The van der Waals surface area contributed by atoms with Crippen LogP contribution in [0.2, 0.25) is 0 Å². The third-order valence-corrected chi connectivity index (χ3v) is 6.45. The van der Waals surface area contributed by atoms with Crippen molar-refractivity contribution in [3.8, 4) is 0 Å². The molecule has 3 heterocycles. The van der Waals surface area contributed by atoms with Crippen LogP contribution >= 0.6 is 34.4 Å². The number of thiophene rings is 1. The molecule has 1 amide bonds. The van der Waals surface area contributed by atoms with E-state index in [-0.39, 0.29) is 5.91 Å². The quantitative estimate of drug-likeness (QED) is 0.554. The summed E-state index contributed by atoms with van der Waals surface area (Å²) in [6.07, 6.45) is 1.57. The van der Waals surface area contributed by atoms with Crippen LogP contribution in [0.3, 0.4) is 0 Å². The third kappa shape index (κ3) is 3.70. The Kier molecular flexibility index (Phi) is 4.93. The van der Waals surface area contributed by atoms with Crippen molar-refractivity contribution in [2.24, 2.45) is 0 Å². The average molecular weight is 365 g/mol. The van der Waals surface area contributed by atoms with Gasteiger partial charge in [-0.2, -0.15) is 0 Å². The number of nitrogens with one attached hydrogen (secondary N) is 1. The zero-order chi connectivity index (χ0) is 16.4. The van der Waals surface area contributed by atoms with Crippen molar-refractivity contribution in [1.29, 1.82) is 0 Å². The first-order valence-electron chi connectivity index (χ1n) is 7.06. The highest BCUT2D eigenvalue weighted by atomic mass is 32.2. The molecule has 5 nitrogen and oxygen atoms in total. The largest absolute Gasteiger partial charge is 0.349 e. The molecule has 3 aromatic rings. The molecule has 0 aliphatic heterocycles. The predicted molar refractivity (Wildman–Crippen MR) is 96.3 cm³/mol. The van der Waals surface area contributed by atoms with Crippen molar-refractivity contribution in [3.05, 3.63) is 32.8 Å². The zero-order valence-electron chi connectivity index (χ0n) is 13.0. The van der Waals surface area contributed by atoms with Gasteiger partial charge >= 0.3 is 0 Å². The first kappa shape index (κ1) is 16.4. The molecule has 0 saturated heterocycles. The van der Waals surface area contributed by atoms with Gasteiger partial charge in [-0.3, -0.25) is 4.79 Å².